The first kappa shape index (κ1) is 16.7. The van der Waals surface area contributed by atoms with Gasteiger partial charge in [-0.25, -0.2) is 12.8 Å². The van der Waals surface area contributed by atoms with Crippen LogP contribution in [0.25, 0.3) is 0 Å². The number of rotatable bonds is 4. The van der Waals surface area contributed by atoms with Crippen molar-refractivity contribution >= 4 is 15.7 Å². The molecule has 0 saturated carbocycles. The van der Waals surface area contributed by atoms with Crippen LogP contribution in [-0.4, -0.2) is 32.0 Å². The first-order valence-corrected chi connectivity index (χ1v) is 7.05. The number of benzene rings is 1. The number of hydrogen-bond acceptors (Lipinski definition) is 3. The molecule has 20 heavy (non-hydrogen) atoms. The summed E-state index contributed by atoms with van der Waals surface area (Å²) in [6.45, 7) is 0.578. The molecule has 0 bridgehead atoms. The number of alkyl halides is 3. The van der Waals surface area contributed by atoms with Crippen molar-refractivity contribution in [3.8, 4) is 0 Å². The Morgan fingerprint density at radius 1 is 1.30 bits per heavy atom. The van der Waals surface area contributed by atoms with Crippen molar-refractivity contribution in [2.75, 3.05) is 18.8 Å². The minimum Gasteiger partial charge on any atom is -0.398 e. The highest BCUT2D eigenvalue weighted by Gasteiger charge is 2.37. The molecule has 2 N–H and O–H groups in total. The molecule has 0 radical (unpaired) electrons. The van der Waals surface area contributed by atoms with Crippen LogP contribution in [0.2, 0.25) is 0 Å². The van der Waals surface area contributed by atoms with E-state index in [9.17, 15) is 26.0 Å². The fourth-order valence-electron chi connectivity index (χ4n) is 1.57. The maximum atomic E-state index is 13.7. The Morgan fingerprint density at radius 2 is 1.85 bits per heavy atom. The normalized spacial score (nSPS) is 12.9. The number of aryl methyl sites for hydroxylation is 1. The zero-order valence-corrected chi connectivity index (χ0v) is 11.6. The van der Waals surface area contributed by atoms with Gasteiger partial charge in [-0.2, -0.15) is 17.5 Å². The third-order valence-electron chi connectivity index (χ3n) is 2.65. The van der Waals surface area contributed by atoms with E-state index in [2.05, 4.69) is 0 Å². The quantitative estimate of drug-likeness (QED) is 0.685. The summed E-state index contributed by atoms with van der Waals surface area (Å²) in [7, 11) is -4.60. The lowest BCUT2D eigenvalue weighted by atomic mass is 10.2. The molecular weight excluding hydrogens is 300 g/mol. The molecule has 0 heterocycles. The Kier molecular flexibility index (Phi) is 4.65. The second-order valence-electron chi connectivity index (χ2n) is 4.19. The Labute approximate surface area is 114 Å². The lowest BCUT2D eigenvalue weighted by molar-refractivity contribution is -0.135. The minimum absolute atomic E-state index is 0.00645. The molecule has 0 spiro atoms. The van der Waals surface area contributed by atoms with E-state index >= 15 is 0 Å². The number of anilines is 1. The van der Waals surface area contributed by atoms with Crippen molar-refractivity contribution < 1.29 is 26.0 Å². The van der Waals surface area contributed by atoms with Crippen LogP contribution in [0.4, 0.5) is 23.2 Å². The molecule has 9 heteroatoms. The third kappa shape index (κ3) is 3.60. The monoisotopic (exact) mass is 314 g/mol. The van der Waals surface area contributed by atoms with Crippen LogP contribution in [0.15, 0.2) is 17.0 Å². The Hall–Kier alpha value is -1.35. The van der Waals surface area contributed by atoms with Gasteiger partial charge in [0, 0.05) is 12.2 Å². The van der Waals surface area contributed by atoms with Crippen molar-refractivity contribution in [3.63, 3.8) is 0 Å². The minimum atomic E-state index is -4.71. The van der Waals surface area contributed by atoms with E-state index in [1.54, 1.807) is 0 Å². The molecule has 0 fully saturated rings. The molecule has 0 atom stereocenters. The fourth-order valence-corrected chi connectivity index (χ4v) is 3.09. The van der Waals surface area contributed by atoms with E-state index in [0.29, 0.717) is 5.56 Å². The molecule has 0 amide bonds. The Morgan fingerprint density at radius 3 is 2.30 bits per heavy atom. The van der Waals surface area contributed by atoms with Crippen LogP contribution in [0.5, 0.6) is 0 Å². The number of nitrogens with two attached hydrogens (primary N) is 1. The number of halogens is 4. The predicted octanol–water partition coefficient (Wildman–Crippen LogP) is 2.29. The van der Waals surface area contributed by atoms with Gasteiger partial charge in [0.15, 0.2) is 0 Å². The molecule has 4 nitrogen and oxygen atoms in total. The summed E-state index contributed by atoms with van der Waals surface area (Å²) in [6, 6.07) is 1.71. The van der Waals surface area contributed by atoms with E-state index in [4.69, 9.17) is 5.73 Å². The number of sulfonamides is 1. The predicted molar refractivity (Wildman–Crippen MR) is 66.0 cm³/mol. The summed E-state index contributed by atoms with van der Waals surface area (Å²) < 4.78 is 75.1. The molecule has 0 aliphatic rings. The molecule has 0 unspecified atom stereocenters. The van der Waals surface area contributed by atoms with Crippen LogP contribution >= 0.6 is 0 Å². The van der Waals surface area contributed by atoms with Gasteiger partial charge >= 0.3 is 6.18 Å². The van der Waals surface area contributed by atoms with E-state index in [-0.39, 0.29) is 9.99 Å². The molecular formula is C11H14F4N2O2S. The van der Waals surface area contributed by atoms with Gasteiger partial charge in [0.05, 0.1) is 0 Å². The number of hydrogen-bond donors (Lipinski definition) is 1. The van der Waals surface area contributed by atoms with Crippen LogP contribution in [0, 0.1) is 12.7 Å². The Balaban J connectivity index is 3.31. The highest BCUT2D eigenvalue weighted by Crippen LogP contribution is 2.27. The topological polar surface area (TPSA) is 63.4 Å². The smallest absolute Gasteiger partial charge is 0.398 e. The lowest BCUT2D eigenvalue weighted by Crippen LogP contribution is -2.39. The van der Waals surface area contributed by atoms with Crippen LogP contribution < -0.4 is 5.73 Å². The zero-order chi connectivity index (χ0) is 15.7. The molecule has 0 saturated heterocycles. The SMILES string of the molecule is CCN(CC(F)(F)F)S(=O)(=O)c1cc(N)c(C)cc1F. The summed E-state index contributed by atoms with van der Waals surface area (Å²) >= 11 is 0. The Bertz CT molecular complexity index is 599. The number of nitrogens with zero attached hydrogens (tertiary/aromatic N) is 1. The largest absolute Gasteiger partial charge is 0.402 e. The molecule has 0 aliphatic heterocycles. The van der Waals surface area contributed by atoms with Crippen molar-refractivity contribution in [2.45, 2.75) is 24.9 Å². The van der Waals surface area contributed by atoms with Crippen molar-refractivity contribution in [3.05, 3.63) is 23.5 Å². The number of nitrogen functional groups attached to an aromatic ring is 1. The summed E-state index contributed by atoms with van der Waals surface area (Å²) in [5.74, 6) is -1.13. The van der Waals surface area contributed by atoms with Gasteiger partial charge in [0.1, 0.15) is 17.3 Å². The highest BCUT2D eigenvalue weighted by atomic mass is 32.2. The molecule has 114 valence electrons. The van der Waals surface area contributed by atoms with E-state index in [1.165, 1.54) is 13.8 Å². The average molecular weight is 314 g/mol. The maximum absolute atomic E-state index is 13.7. The highest BCUT2D eigenvalue weighted by molar-refractivity contribution is 7.89. The van der Waals surface area contributed by atoms with Crippen molar-refractivity contribution in [1.82, 2.24) is 4.31 Å². The first-order valence-electron chi connectivity index (χ1n) is 5.61. The molecule has 0 aliphatic carbocycles. The second-order valence-corrected chi connectivity index (χ2v) is 6.09. The van der Waals surface area contributed by atoms with Gasteiger partial charge in [-0.1, -0.05) is 6.92 Å². The van der Waals surface area contributed by atoms with Gasteiger partial charge in [0.25, 0.3) is 0 Å². The van der Waals surface area contributed by atoms with Gasteiger partial charge in [0.2, 0.25) is 10.0 Å². The summed E-state index contributed by atoms with van der Waals surface area (Å²) in [4.78, 5) is -0.855. The zero-order valence-electron chi connectivity index (χ0n) is 10.8. The van der Waals surface area contributed by atoms with Gasteiger partial charge in [-0.05, 0) is 24.6 Å². The average Bonchev–Trinajstić information content (AvgIpc) is 2.29. The summed E-state index contributed by atoms with van der Waals surface area (Å²) in [5, 5.41) is 0. The summed E-state index contributed by atoms with van der Waals surface area (Å²) in [5.41, 5.74) is 5.78. The summed E-state index contributed by atoms with van der Waals surface area (Å²) in [6.07, 6.45) is -4.71. The first-order chi connectivity index (χ1) is 8.99. The van der Waals surface area contributed by atoms with Crippen LogP contribution in [-0.2, 0) is 10.0 Å². The maximum Gasteiger partial charge on any atom is 0.402 e. The lowest BCUT2D eigenvalue weighted by Gasteiger charge is -2.22. The third-order valence-corrected chi connectivity index (χ3v) is 4.58. The van der Waals surface area contributed by atoms with E-state index in [1.807, 2.05) is 0 Å². The molecule has 1 aromatic rings. The van der Waals surface area contributed by atoms with Crippen molar-refractivity contribution in [2.24, 2.45) is 0 Å². The van der Waals surface area contributed by atoms with Gasteiger partial charge in [-0.3, -0.25) is 0 Å². The van der Waals surface area contributed by atoms with E-state index < -0.39 is 40.0 Å². The fraction of sp³-hybridized carbons (Fsp3) is 0.455. The van der Waals surface area contributed by atoms with Crippen LogP contribution in [0.1, 0.15) is 12.5 Å². The van der Waals surface area contributed by atoms with Crippen molar-refractivity contribution in [1.29, 1.82) is 0 Å². The molecule has 1 rings (SSSR count). The molecule has 1 aromatic carbocycles. The van der Waals surface area contributed by atoms with Crippen LogP contribution in [0.3, 0.4) is 0 Å². The molecule has 0 aromatic heterocycles. The van der Waals surface area contributed by atoms with E-state index in [0.717, 1.165) is 12.1 Å². The standard InChI is InChI=1S/C11H14F4N2O2S/c1-3-17(6-11(13,14)15)20(18,19)10-5-9(16)7(2)4-8(10)12/h4-5H,3,6,16H2,1-2H3. The van der Waals surface area contributed by atoms with Gasteiger partial charge in [-0.15, -0.1) is 0 Å². The second kappa shape index (κ2) is 5.57. The van der Waals surface area contributed by atoms with Gasteiger partial charge < -0.3 is 5.73 Å².